The summed E-state index contributed by atoms with van der Waals surface area (Å²) < 4.78 is 14.9. The molecule has 16 heteroatoms. The van der Waals surface area contributed by atoms with Crippen LogP contribution >= 0.6 is 8.25 Å². The molecule has 114 valence electrons. The maximum Gasteiger partial charge on any atom is 0.489 e. The molecule has 0 aliphatic heterocycles. The van der Waals surface area contributed by atoms with Crippen LogP contribution in [0.2, 0.25) is 0 Å². The molecule has 0 heterocycles. The van der Waals surface area contributed by atoms with Crippen LogP contribution in [0.25, 0.3) is 31.3 Å². The van der Waals surface area contributed by atoms with E-state index in [1.807, 2.05) is 0 Å². The van der Waals surface area contributed by atoms with Gasteiger partial charge in [-0.3, -0.25) is 14.4 Å². The Hall–Kier alpha value is -3.04. The van der Waals surface area contributed by atoms with Gasteiger partial charge < -0.3 is 4.89 Å². The summed E-state index contributed by atoms with van der Waals surface area (Å²) in [6, 6.07) is 0. The molecule has 0 saturated carbocycles. The van der Waals surface area contributed by atoms with Crippen molar-refractivity contribution in [3.05, 3.63) is 31.3 Å². The monoisotopic (exact) mass is 329 g/mol. The molecule has 0 radical (unpaired) electrons. The van der Waals surface area contributed by atoms with Gasteiger partial charge in [-0.2, -0.15) is 0 Å². The van der Waals surface area contributed by atoms with Crippen molar-refractivity contribution in [3.63, 3.8) is 0 Å². The highest BCUT2D eigenvalue weighted by Crippen LogP contribution is 2.32. The number of amides is 3. The van der Waals surface area contributed by atoms with Gasteiger partial charge in [0.25, 0.3) is 5.91 Å². The Kier molecular flexibility index (Phi) is 7.76. The van der Waals surface area contributed by atoms with E-state index in [1.165, 1.54) is 0 Å². The molecule has 0 spiro atoms. The molecule has 0 rings (SSSR count). The second-order valence-corrected chi connectivity index (χ2v) is 3.95. The predicted molar refractivity (Wildman–Crippen MR) is 63.1 cm³/mol. The van der Waals surface area contributed by atoms with Crippen molar-refractivity contribution in [1.29, 1.82) is 0 Å². The summed E-state index contributed by atoms with van der Waals surface area (Å²) in [7, 11) is -3.79. The van der Waals surface area contributed by atoms with Crippen molar-refractivity contribution in [1.82, 2.24) is 0 Å². The Bertz CT molecular complexity index is 624. The van der Waals surface area contributed by atoms with Crippen molar-refractivity contribution in [2.45, 2.75) is 18.4 Å². The molecule has 0 aliphatic rings. The van der Waals surface area contributed by atoms with Gasteiger partial charge in [0.15, 0.2) is 0 Å². The van der Waals surface area contributed by atoms with E-state index in [4.69, 9.17) is 16.6 Å². The first kappa shape index (κ1) is 19.0. The fraction of sp³-hybridized carbons (Fsp3) is 0.500. The first-order valence-corrected chi connectivity index (χ1v) is 5.99. The minimum Gasteiger partial charge on any atom is -0.566 e. The highest BCUT2D eigenvalue weighted by molar-refractivity contribution is 7.30. The number of hydrogen-bond acceptors (Lipinski definition) is 6. The van der Waals surface area contributed by atoms with Crippen molar-refractivity contribution < 1.29 is 28.4 Å². The average molecular weight is 329 g/mol. The van der Waals surface area contributed by atoms with Crippen LogP contribution in [0.4, 0.5) is 0 Å². The van der Waals surface area contributed by atoms with E-state index in [9.17, 15) is 23.8 Å². The molecular weight excluding hydrogens is 325 g/mol. The quantitative estimate of drug-likeness (QED) is 0.285. The van der Waals surface area contributed by atoms with Crippen LogP contribution in [0.15, 0.2) is 15.3 Å². The van der Waals surface area contributed by atoms with Crippen LogP contribution in [0.1, 0.15) is 12.8 Å². The highest BCUT2D eigenvalue weighted by Gasteiger charge is 2.48. The van der Waals surface area contributed by atoms with E-state index >= 15 is 0 Å². The minimum absolute atomic E-state index is 1.23. The summed E-state index contributed by atoms with van der Waals surface area (Å²) in [6.07, 6.45) is -2.46. The fourth-order valence-electron chi connectivity index (χ4n) is 1.25. The van der Waals surface area contributed by atoms with E-state index in [0.717, 1.165) is 0 Å². The van der Waals surface area contributed by atoms with Crippen molar-refractivity contribution in [3.8, 4) is 0 Å². The molecule has 15 nitrogen and oxygen atoms in total. The average Bonchev–Trinajstić information content (AvgIpc) is 2.38. The molecule has 22 heavy (non-hydrogen) atoms. The third-order valence-electron chi connectivity index (χ3n) is 1.96. The lowest BCUT2D eigenvalue weighted by Crippen LogP contribution is -2.43. The van der Waals surface area contributed by atoms with E-state index in [-0.39, 0.29) is 0 Å². The third kappa shape index (κ3) is 5.94. The first-order chi connectivity index (χ1) is 10.3. The SMILES string of the molecule is [N-]=[N+]=NC(=O)CC(CC(=O)N=[N+]=[N-])(O[P+](=O)[O-])C(=O)N=[N+]=[N-]. The Balaban J connectivity index is 5.93. The molecule has 1 atom stereocenters. The summed E-state index contributed by atoms with van der Waals surface area (Å²) in [5, 5.41) is 7.70. The first-order valence-electron chi connectivity index (χ1n) is 4.90. The van der Waals surface area contributed by atoms with Gasteiger partial charge in [-0.15, -0.1) is 4.52 Å². The van der Waals surface area contributed by atoms with Crippen molar-refractivity contribution in [2.75, 3.05) is 0 Å². The van der Waals surface area contributed by atoms with E-state index in [0.29, 0.717) is 0 Å². The van der Waals surface area contributed by atoms with Gasteiger partial charge in [0.2, 0.25) is 17.4 Å². The second-order valence-electron chi connectivity index (χ2n) is 3.32. The van der Waals surface area contributed by atoms with Crippen LogP contribution in [-0.2, 0) is 23.5 Å². The van der Waals surface area contributed by atoms with Gasteiger partial charge in [-0.25, -0.2) is 0 Å². The Morgan fingerprint density at radius 1 is 1.00 bits per heavy atom. The highest BCUT2D eigenvalue weighted by atomic mass is 31.1. The zero-order chi connectivity index (χ0) is 17.2. The van der Waals surface area contributed by atoms with E-state index in [1.54, 1.807) is 0 Å². The van der Waals surface area contributed by atoms with Crippen molar-refractivity contribution >= 4 is 26.0 Å². The van der Waals surface area contributed by atoms with Crippen LogP contribution in [-0.4, -0.2) is 23.3 Å². The standard InChI is InChI=1S/C6H4N9O6P/c7-13-10-3(16)1-6(21-22(19)20,5(18)12-15-9)2-4(17)11-14-8/h1-2H2. The minimum atomic E-state index is -3.79. The predicted octanol–water partition coefficient (Wildman–Crippen LogP) is 1.05. The van der Waals surface area contributed by atoms with Crippen LogP contribution in [0.3, 0.4) is 0 Å². The Labute approximate surface area is 120 Å². The lowest BCUT2D eigenvalue weighted by atomic mass is 9.94. The number of carbonyl (C=O) groups excluding carboxylic acids is 3. The number of rotatable bonds is 7. The zero-order valence-corrected chi connectivity index (χ0v) is 11.2. The summed E-state index contributed by atoms with van der Waals surface area (Å²) in [4.78, 5) is 51.3. The van der Waals surface area contributed by atoms with Gasteiger partial charge in [0.05, 0.1) is 12.8 Å². The molecule has 1 unspecified atom stereocenters. The topological polar surface area (TPSA) is 247 Å². The van der Waals surface area contributed by atoms with Gasteiger partial charge in [-0.1, -0.05) is 0 Å². The second kappa shape index (κ2) is 9.00. The molecule has 0 aromatic carbocycles. The molecule has 0 bridgehead atoms. The number of carbonyl (C=O) groups is 3. The molecule has 0 saturated heterocycles. The Morgan fingerprint density at radius 3 is 1.73 bits per heavy atom. The maximum absolute atomic E-state index is 11.7. The van der Waals surface area contributed by atoms with Crippen LogP contribution in [0.5, 0.6) is 0 Å². The molecule has 0 aromatic rings. The third-order valence-corrected chi connectivity index (χ3v) is 2.46. The van der Waals surface area contributed by atoms with Gasteiger partial charge in [0.1, 0.15) is 0 Å². The van der Waals surface area contributed by atoms with Gasteiger partial charge in [-0.05, 0) is 36.5 Å². The normalized spacial score (nSPS) is 12.5. The largest absolute Gasteiger partial charge is 0.566 e. The summed E-state index contributed by atoms with van der Waals surface area (Å²) in [5.74, 6) is -4.42. The maximum atomic E-state index is 11.7. The molecule has 0 N–H and O–H groups in total. The molecule has 0 aliphatic carbocycles. The molecule has 0 aromatic heterocycles. The fourth-order valence-corrected chi connectivity index (χ4v) is 1.74. The van der Waals surface area contributed by atoms with E-state index in [2.05, 4.69) is 34.6 Å². The summed E-state index contributed by atoms with van der Waals surface area (Å²) >= 11 is 0. The number of azide groups is 3. The molecular formula is C6H4N9O6P. The van der Waals surface area contributed by atoms with Gasteiger partial charge in [0, 0.05) is 14.7 Å². The Morgan fingerprint density at radius 2 is 1.41 bits per heavy atom. The lowest BCUT2D eigenvalue weighted by Gasteiger charge is -2.22. The lowest BCUT2D eigenvalue weighted by molar-refractivity contribution is -0.198. The molecule has 0 fully saturated rings. The smallest absolute Gasteiger partial charge is 0.489 e. The summed E-state index contributed by atoms with van der Waals surface area (Å²) in [6.45, 7) is 0. The summed E-state index contributed by atoms with van der Waals surface area (Å²) in [5.41, 5.74) is 21.6. The van der Waals surface area contributed by atoms with Gasteiger partial charge >= 0.3 is 8.25 Å². The van der Waals surface area contributed by atoms with Crippen LogP contribution in [0, 0.1) is 0 Å². The molecule has 3 amide bonds. The number of nitrogens with zero attached hydrogens (tertiary/aromatic N) is 9. The zero-order valence-electron chi connectivity index (χ0n) is 10.3. The number of hydrogen-bond donors (Lipinski definition) is 0. The van der Waals surface area contributed by atoms with Crippen LogP contribution < -0.4 is 4.89 Å². The van der Waals surface area contributed by atoms with Crippen molar-refractivity contribution in [2.24, 2.45) is 15.3 Å². The van der Waals surface area contributed by atoms with E-state index < -0.39 is 44.4 Å².